The van der Waals surface area contributed by atoms with E-state index in [1.54, 1.807) is 12.1 Å². The molecule has 292 valence electrons. The lowest BCUT2D eigenvalue weighted by Crippen LogP contribution is -2.77. The molecule has 57 heavy (non-hydrogen) atoms. The van der Waals surface area contributed by atoms with Gasteiger partial charge in [0.1, 0.15) is 6.04 Å². The van der Waals surface area contributed by atoms with Crippen molar-refractivity contribution >= 4 is 63.9 Å². The second-order valence-electron chi connectivity index (χ2n) is 17.3. The van der Waals surface area contributed by atoms with Gasteiger partial charge in [-0.1, -0.05) is 17.7 Å². The number of nitrogens with one attached hydrogen (secondary N) is 1. The first-order valence-corrected chi connectivity index (χ1v) is 20.3. The van der Waals surface area contributed by atoms with Crippen LogP contribution in [0.3, 0.4) is 0 Å². The van der Waals surface area contributed by atoms with Gasteiger partial charge < -0.3 is 19.6 Å². The third kappa shape index (κ3) is 6.03. The van der Waals surface area contributed by atoms with E-state index >= 15 is 0 Å². The maximum absolute atomic E-state index is 13.4. The molecule has 6 fully saturated rings. The molecule has 0 radical (unpaired) electrons. The van der Waals surface area contributed by atoms with Crippen molar-refractivity contribution < 1.29 is 24.0 Å². The van der Waals surface area contributed by atoms with Crippen molar-refractivity contribution in [2.24, 2.45) is 10.8 Å². The zero-order valence-corrected chi connectivity index (χ0v) is 32.3. The van der Waals surface area contributed by atoms with E-state index in [9.17, 15) is 24.0 Å². The quantitative estimate of drug-likeness (QED) is 0.286. The van der Waals surface area contributed by atoms with Crippen LogP contribution < -0.4 is 20.0 Å². The van der Waals surface area contributed by atoms with E-state index in [2.05, 4.69) is 41.9 Å². The van der Waals surface area contributed by atoms with Crippen molar-refractivity contribution in [3.05, 3.63) is 93.8 Å². The van der Waals surface area contributed by atoms with Crippen molar-refractivity contribution in [3.8, 4) is 0 Å². The summed E-state index contributed by atoms with van der Waals surface area (Å²) in [5.41, 5.74) is 5.39. The number of amides is 5. The van der Waals surface area contributed by atoms with Crippen LogP contribution in [0.5, 0.6) is 0 Å². The number of carbonyl (C=O) groups excluding carboxylic acids is 5. The van der Waals surface area contributed by atoms with Gasteiger partial charge in [0, 0.05) is 111 Å². The summed E-state index contributed by atoms with van der Waals surface area (Å²) in [4.78, 5) is 79.8. The summed E-state index contributed by atoms with van der Waals surface area (Å²) in [7, 11) is 0. The van der Waals surface area contributed by atoms with E-state index < -0.39 is 29.7 Å². The zero-order chi connectivity index (χ0) is 39.2. The number of likely N-dealkylation sites (tertiary alicyclic amines) is 2. The Bertz CT molecular complexity index is 2260. The number of anilines is 3. The topological polar surface area (TPSA) is 121 Å². The smallest absolute Gasteiger partial charge is 0.262 e. The highest BCUT2D eigenvalue weighted by Gasteiger charge is 2.56. The summed E-state index contributed by atoms with van der Waals surface area (Å²) in [6, 6.07) is 18.6. The number of piperidine rings is 2. The Hall–Kier alpha value is -5.45. The Kier molecular flexibility index (Phi) is 8.39. The lowest BCUT2D eigenvalue weighted by Gasteiger charge is -2.64. The van der Waals surface area contributed by atoms with E-state index in [1.165, 1.54) is 0 Å². The van der Waals surface area contributed by atoms with E-state index in [0.717, 1.165) is 112 Å². The number of hydrogen-bond acceptors (Lipinski definition) is 9. The maximum Gasteiger partial charge on any atom is 0.262 e. The molecule has 14 heteroatoms. The summed E-state index contributed by atoms with van der Waals surface area (Å²) in [5, 5.41) is 2.75. The van der Waals surface area contributed by atoms with E-state index in [0.29, 0.717) is 22.3 Å². The molecular formula is C43H43ClN8O5. The van der Waals surface area contributed by atoms with Gasteiger partial charge in [0.05, 0.1) is 17.7 Å². The number of hydrogen-bond donors (Lipinski definition) is 1. The van der Waals surface area contributed by atoms with Crippen molar-refractivity contribution in [3.63, 3.8) is 0 Å². The van der Waals surface area contributed by atoms with Gasteiger partial charge in [0.15, 0.2) is 0 Å². The molecule has 3 aromatic carbocycles. The fraction of sp³-hybridized carbons (Fsp3) is 0.442. The third-order valence-corrected chi connectivity index (χ3v) is 14.0. The fourth-order valence-electron chi connectivity index (χ4n) is 10.3. The average molecular weight is 787 g/mol. The Labute approximate surface area is 335 Å². The molecule has 0 bridgehead atoms. The first-order chi connectivity index (χ1) is 27.5. The van der Waals surface area contributed by atoms with Crippen LogP contribution in [0.1, 0.15) is 63.2 Å². The summed E-state index contributed by atoms with van der Waals surface area (Å²) in [6.07, 6.45) is 3.62. The summed E-state index contributed by atoms with van der Waals surface area (Å²) in [5.74, 6) is -1.90. The highest BCUT2D eigenvalue weighted by atomic mass is 35.5. The zero-order valence-electron chi connectivity index (χ0n) is 31.6. The maximum atomic E-state index is 13.4. The number of halogens is 1. The molecule has 5 amide bonds. The van der Waals surface area contributed by atoms with Gasteiger partial charge in [-0.3, -0.25) is 39.1 Å². The standard InChI is InChI=1S/C43H43ClN8O5/c1-45-35-9-7-30(19-34(35)44)48-17-14-42(22-48)12-15-47(16-13-42)28-4-2-27(3-5-28)39(55)51-25-43(26-51)23-50(24-43)31-20-49(21-31)29-6-8-32-33(18-29)41(57)52(40(32)56)36-10-11-37(53)46-38(36)54/h2-9,18-19,31,36H,10-17,20-26H2,(H,46,53,54). The van der Waals surface area contributed by atoms with Crippen LogP contribution in [0, 0.1) is 17.4 Å². The first kappa shape index (κ1) is 35.9. The molecule has 0 aliphatic carbocycles. The molecule has 1 atom stereocenters. The molecule has 6 saturated heterocycles. The molecule has 1 unspecified atom stereocenters. The van der Waals surface area contributed by atoms with Crippen LogP contribution in [0.15, 0.2) is 60.7 Å². The molecule has 1 N–H and O–H groups in total. The van der Waals surface area contributed by atoms with Gasteiger partial charge in [-0.2, -0.15) is 0 Å². The van der Waals surface area contributed by atoms with Crippen molar-refractivity contribution in [1.29, 1.82) is 0 Å². The van der Waals surface area contributed by atoms with Crippen LogP contribution in [0.4, 0.5) is 22.7 Å². The monoisotopic (exact) mass is 786 g/mol. The fourth-order valence-corrected chi connectivity index (χ4v) is 10.5. The highest BCUT2D eigenvalue weighted by Crippen LogP contribution is 2.45. The number of nitrogens with zero attached hydrogens (tertiary/aromatic N) is 7. The van der Waals surface area contributed by atoms with E-state index in [1.807, 2.05) is 41.3 Å². The molecular weight excluding hydrogens is 744 g/mol. The number of rotatable bonds is 6. The lowest BCUT2D eigenvalue weighted by atomic mass is 9.71. The van der Waals surface area contributed by atoms with Gasteiger partial charge in [0.25, 0.3) is 17.7 Å². The minimum Gasteiger partial charge on any atom is -0.371 e. The highest BCUT2D eigenvalue weighted by molar-refractivity contribution is 6.33. The minimum atomic E-state index is -0.974. The lowest BCUT2D eigenvalue weighted by molar-refractivity contribution is -0.136. The molecule has 0 saturated carbocycles. The minimum absolute atomic E-state index is 0.0903. The average Bonchev–Trinajstić information content (AvgIpc) is 3.68. The van der Waals surface area contributed by atoms with Crippen molar-refractivity contribution in [2.45, 2.75) is 44.2 Å². The van der Waals surface area contributed by atoms with Gasteiger partial charge >= 0.3 is 0 Å². The number of fused-ring (bicyclic) bond motifs is 1. The molecule has 2 spiro atoms. The van der Waals surface area contributed by atoms with Crippen LogP contribution in [-0.2, 0) is 9.59 Å². The predicted molar refractivity (Wildman–Crippen MR) is 214 cm³/mol. The van der Waals surface area contributed by atoms with E-state index in [4.69, 9.17) is 18.2 Å². The second-order valence-corrected chi connectivity index (χ2v) is 17.7. The first-order valence-electron chi connectivity index (χ1n) is 19.9. The predicted octanol–water partition coefficient (Wildman–Crippen LogP) is 4.44. The summed E-state index contributed by atoms with van der Waals surface area (Å²) < 4.78 is 0. The molecule has 7 aliphatic rings. The SMILES string of the molecule is [C-]#[N+]c1ccc(N2CCC3(CCN(c4ccc(C(=O)N5CC6(C5)CN(C5CN(c7ccc8c(c7)C(=O)N(C7CCC(=O)NC7=O)C8=O)C5)C6)cc4)CC3)C2)cc1Cl. The molecule has 13 nitrogen and oxygen atoms in total. The van der Waals surface area contributed by atoms with Crippen molar-refractivity contribution in [2.75, 3.05) is 80.1 Å². The molecule has 0 aromatic heterocycles. The molecule has 7 heterocycles. The van der Waals surface area contributed by atoms with Crippen LogP contribution in [0.25, 0.3) is 4.85 Å². The largest absolute Gasteiger partial charge is 0.371 e. The normalized spacial score (nSPS) is 24.0. The van der Waals surface area contributed by atoms with Gasteiger partial charge in [0.2, 0.25) is 17.5 Å². The number of carbonyl (C=O) groups is 5. The Balaban J connectivity index is 0.674. The van der Waals surface area contributed by atoms with Gasteiger partial charge in [-0.15, -0.1) is 0 Å². The molecule has 7 aliphatic heterocycles. The summed E-state index contributed by atoms with van der Waals surface area (Å²) in [6.45, 7) is 16.3. The second kappa shape index (κ2) is 13.3. The van der Waals surface area contributed by atoms with Gasteiger partial charge in [-0.25, -0.2) is 4.85 Å². The van der Waals surface area contributed by atoms with E-state index in [-0.39, 0.29) is 35.1 Å². The van der Waals surface area contributed by atoms with Crippen LogP contribution in [-0.4, -0.2) is 122 Å². The molecule has 3 aromatic rings. The Morgan fingerprint density at radius 1 is 0.737 bits per heavy atom. The Morgan fingerprint density at radius 3 is 2.07 bits per heavy atom. The third-order valence-electron chi connectivity index (χ3n) is 13.7. The summed E-state index contributed by atoms with van der Waals surface area (Å²) >= 11 is 6.34. The van der Waals surface area contributed by atoms with Crippen LogP contribution >= 0.6 is 11.6 Å². The Morgan fingerprint density at radius 2 is 1.39 bits per heavy atom. The molecule has 10 rings (SSSR count). The van der Waals surface area contributed by atoms with Crippen molar-refractivity contribution in [1.82, 2.24) is 20.0 Å². The number of benzene rings is 3. The van der Waals surface area contributed by atoms with Crippen LogP contribution in [0.2, 0.25) is 5.02 Å². The number of imide groups is 2. The van der Waals surface area contributed by atoms with Gasteiger partial charge in [-0.05, 0) is 85.7 Å².